The molecule has 0 bridgehead atoms. The topological polar surface area (TPSA) is 29.1 Å². The summed E-state index contributed by atoms with van der Waals surface area (Å²) in [7, 11) is 5.09. The molecule has 0 saturated heterocycles. The maximum absolute atomic E-state index is 10.6. The van der Waals surface area contributed by atoms with Gasteiger partial charge in [0.2, 0.25) is 5.91 Å². The third kappa shape index (κ3) is 1.73. The number of amides is 1. The van der Waals surface area contributed by atoms with Crippen LogP contribution < -0.4 is 5.32 Å². The van der Waals surface area contributed by atoms with Crippen molar-refractivity contribution in [1.82, 2.24) is 5.32 Å². The molecule has 2 radical (unpaired) electrons. The van der Waals surface area contributed by atoms with E-state index in [-0.39, 0.29) is 12.2 Å². The van der Waals surface area contributed by atoms with Crippen LogP contribution in [-0.2, 0) is 4.79 Å². The number of carbonyl (C=O) groups excluding carboxylic acids is 1. The minimum atomic E-state index is -0.0281. The zero-order chi connectivity index (χ0) is 6.69. The van der Waals surface area contributed by atoms with Crippen molar-refractivity contribution in [3.8, 4) is 0 Å². The molecule has 1 fully saturated rings. The van der Waals surface area contributed by atoms with E-state index >= 15 is 0 Å². The third-order valence-electron chi connectivity index (χ3n) is 1.66. The Labute approximate surface area is 56.4 Å². The molecule has 0 aromatic heterocycles. The summed E-state index contributed by atoms with van der Waals surface area (Å²) in [5.41, 5.74) is 0. The predicted molar refractivity (Wildman–Crippen MR) is 36.3 cm³/mol. The van der Waals surface area contributed by atoms with Crippen molar-refractivity contribution in [1.29, 1.82) is 0 Å². The first-order valence-corrected chi connectivity index (χ1v) is 3.32. The summed E-state index contributed by atoms with van der Waals surface area (Å²) < 4.78 is 0. The SMILES string of the molecule is [B]CC(=O)NC1CCC1. The van der Waals surface area contributed by atoms with E-state index in [0.29, 0.717) is 6.04 Å². The monoisotopic (exact) mass is 123 g/mol. The predicted octanol–water partition coefficient (Wildman–Crippen LogP) is 0.242. The summed E-state index contributed by atoms with van der Waals surface area (Å²) >= 11 is 0. The van der Waals surface area contributed by atoms with Gasteiger partial charge in [0.05, 0.1) is 7.85 Å². The van der Waals surface area contributed by atoms with Gasteiger partial charge < -0.3 is 5.32 Å². The minimum absolute atomic E-state index is 0.0281. The van der Waals surface area contributed by atoms with Gasteiger partial charge in [-0.05, 0) is 25.6 Å². The number of hydrogen-bond donors (Lipinski definition) is 1. The third-order valence-corrected chi connectivity index (χ3v) is 1.66. The van der Waals surface area contributed by atoms with Crippen molar-refractivity contribution >= 4 is 13.8 Å². The van der Waals surface area contributed by atoms with Crippen molar-refractivity contribution in [3.63, 3.8) is 0 Å². The van der Waals surface area contributed by atoms with Crippen LogP contribution in [0, 0.1) is 0 Å². The van der Waals surface area contributed by atoms with E-state index in [1.165, 1.54) is 6.42 Å². The summed E-state index contributed by atoms with van der Waals surface area (Å²) in [6.07, 6.45) is 3.63. The van der Waals surface area contributed by atoms with E-state index in [2.05, 4.69) is 5.32 Å². The maximum Gasteiger partial charge on any atom is 0.211 e. The largest absolute Gasteiger partial charge is 0.354 e. The van der Waals surface area contributed by atoms with Crippen LogP contribution in [0.1, 0.15) is 19.3 Å². The van der Waals surface area contributed by atoms with Crippen molar-refractivity contribution in [2.75, 3.05) is 0 Å². The summed E-state index contributed by atoms with van der Waals surface area (Å²) in [5, 5.41) is 2.80. The van der Waals surface area contributed by atoms with Gasteiger partial charge in [0.15, 0.2) is 0 Å². The summed E-state index contributed by atoms with van der Waals surface area (Å²) in [6, 6.07) is 0.432. The molecule has 0 aromatic carbocycles. The number of rotatable bonds is 2. The molecular weight excluding hydrogens is 113 g/mol. The lowest BCUT2D eigenvalue weighted by Gasteiger charge is -2.26. The molecule has 2 nitrogen and oxygen atoms in total. The van der Waals surface area contributed by atoms with E-state index in [1.807, 2.05) is 0 Å². The van der Waals surface area contributed by atoms with Gasteiger partial charge in [0.1, 0.15) is 0 Å². The lowest BCUT2D eigenvalue weighted by Crippen LogP contribution is -2.39. The Balaban J connectivity index is 2.09. The molecule has 1 aliphatic rings. The van der Waals surface area contributed by atoms with Gasteiger partial charge in [-0.25, -0.2) is 0 Å². The second-order valence-electron chi connectivity index (χ2n) is 2.40. The summed E-state index contributed by atoms with van der Waals surface area (Å²) in [6.45, 7) is 0. The highest BCUT2D eigenvalue weighted by molar-refractivity contribution is 6.19. The summed E-state index contributed by atoms with van der Waals surface area (Å²) in [4.78, 5) is 10.6. The lowest BCUT2D eigenvalue weighted by atomic mass is 9.92. The van der Waals surface area contributed by atoms with Crippen LogP contribution in [0.4, 0.5) is 0 Å². The first-order chi connectivity index (χ1) is 4.33. The average Bonchev–Trinajstić information content (AvgIpc) is 1.78. The zero-order valence-electron chi connectivity index (χ0n) is 5.39. The molecule has 0 heterocycles. The van der Waals surface area contributed by atoms with Gasteiger partial charge in [-0.1, -0.05) is 0 Å². The van der Waals surface area contributed by atoms with Crippen LogP contribution in [-0.4, -0.2) is 19.8 Å². The molecule has 3 heteroatoms. The Hall–Kier alpha value is -0.465. The Bertz CT molecular complexity index is 112. The molecule has 1 amide bonds. The van der Waals surface area contributed by atoms with Crippen molar-refractivity contribution < 1.29 is 4.79 Å². The first-order valence-electron chi connectivity index (χ1n) is 3.32. The molecule has 48 valence electrons. The van der Waals surface area contributed by atoms with E-state index < -0.39 is 0 Å². The zero-order valence-corrected chi connectivity index (χ0v) is 5.39. The van der Waals surface area contributed by atoms with Crippen LogP contribution in [0.5, 0.6) is 0 Å². The number of hydrogen-bond acceptors (Lipinski definition) is 1. The fraction of sp³-hybridized carbons (Fsp3) is 0.833. The van der Waals surface area contributed by atoms with Crippen molar-refractivity contribution in [2.24, 2.45) is 0 Å². The smallest absolute Gasteiger partial charge is 0.211 e. The molecule has 1 N–H and O–H groups in total. The van der Waals surface area contributed by atoms with E-state index in [0.717, 1.165) is 12.8 Å². The molecular formula is C6H10BNO. The first kappa shape index (κ1) is 6.65. The van der Waals surface area contributed by atoms with Crippen LogP contribution in [0.25, 0.3) is 0 Å². The van der Waals surface area contributed by atoms with Gasteiger partial charge in [0.25, 0.3) is 0 Å². The van der Waals surface area contributed by atoms with Gasteiger partial charge in [0, 0.05) is 6.04 Å². The Morgan fingerprint density at radius 3 is 2.67 bits per heavy atom. The molecule has 0 aromatic rings. The highest BCUT2D eigenvalue weighted by atomic mass is 16.1. The average molecular weight is 123 g/mol. The Morgan fingerprint density at radius 2 is 2.33 bits per heavy atom. The Morgan fingerprint density at radius 1 is 1.67 bits per heavy atom. The highest BCUT2D eigenvalue weighted by Crippen LogP contribution is 2.17. The lowest BCUT2D eigenvalue weighted by molar-refractivity contribution is -0.120. The normalized spacial score (nSPS) is 18.7. The summed E-state index contributed by atoms with van der Waals surface area (Å²) in [5.74, 6) is -0.0281. The molecule has 9 heavy (non-hydrogen) atoms. The molecule has 0 spiro atoms. The number of nitrogens with one attached hydrogen (secondary N) is 1. The fourth-order valence-electron chi connectivity index (χ4n) is 0.839. The van der Waals surface area contributed by atoms with E-state index in [1.54, 1.807) is 0 Å². The van der Waals surface area contributed by atoms with Gasteiger partial charge in [-0.2, -0.15) is 0 Å². The van der Waals surface area contributed by atoms with E-state index in [9.17, 15) is 4.79 Å². The highest BCUT2D eigenvalue weighted by Gasteiger charge is 2.17. The van der Waals surface area contributed by atoms with Crippen molar-refractivity contribution in [3.05, 3.63) is 0 Å². The quantitative estimate of drug-likeness (QED) is 0.523. The molecule has 1 rings (SSSR count). The van der Waals surface area contributed by atoms with Crippen LogP contribution in [0.2, 0.25) is 6.32 Å². The van der Waals surface area contributed by atoms with Gasteiger partial charge in [-0.15, -0.1) is 0 Å². The second-order valence-corrected chi connectivity index (χ2v) is 2.40. The number of carbonyl (C=O) groups is 1. The molecule has 0 unspecified atom stereocenters. The molecule has 1 aliphatic carbocycles. The molecule has 0 atom stereocenters. The Kier molecular flexibility index (Phi) is 2.14. The second kappa shape index (κ2) is 2.90. The van der Waals surface area contributed by atoms with Crippen molar-refractivity contribution in [2.45, 2.75) is 31.6 Å². The van der Waals surface area contributed by atoms with Gasteiger partial charge >= 0.3 is 0 Å². The van der Waals surface area contributed by atoms with Crippen LogP contribution in [0.15, 0.2) is 0 Å². The van der Waals surface area contributed by atoms with Crippen LogP contribution in [0.3, 0.4) is 0 Å². The fourth-order valence-corrected chi connectivity index (χ4v) is 0.839. The molecule has 0 aliphatic heterocycles. The van der Waals surface area contributed by atoms with E-state index in [4.69, 9.17) is 7.85 Å². The standard InChI is InChI=1S/C6H10BNO/c7-4-6(9)8-5-2-1-3-5/h5H,1-4H2,(H,8,9). The van der Waals surface area contributed by atoms with Gasteiger partial charge in [-0.3, -0.25) is 4.79 Å². The molecule has 1 saturated carbocycles. The van der Waals surface area contributed by atoms with Crippen LogP contribution >= 0.6 is 0 Å². The maximum atomic E-state index is 10.6. The minimum Gasteiger partial charge on any atom is -0.354 e.